The lowest BCUT2D eigenvalue weighted by Gasteiger charge is -2.08. The van der Waals surface area contributed by atoms with Gasteiger partial charge in [0.1, 0.15) is 6.61 Å². The second kappa shape index (κ2) is 5.23. The molecule has 0 unspecified atom stereocenters. The van der Waals surface area contributed by atoms with E-state index in [0.29, 0.717) is 6.61 Å². The Morgan fingerprint density at radius 2 is 1.83 bits per heavy atom. The molecule has 4 nitrogen and oxygen atoms in total. The highest BCUT2D eigenvalue weighted by atomic mass is 16.5. The number of phenols is 1. The molecule has 0 aliphatic rings. The Kier molecular flexibility index (Phi) is 3.48. The fourth-order valence-electron chi connectivity index (χ4n) is 1.51. The van der Waals surface area contributed by atoms with Gasteiger partial charge < -0.3 is 14.9 Å². The zero-order chi connectivity index (χ0) is 13.0. The first-order chi connectivity index (χ1) is 8.66. The van der Waals surface area contributed by atoms with E-state index in [1.54, 1.807) is 0 Å². The van der Waals surface area contributed by atoms with E-state index in [0.717, 1.165) is 5.56 Å². The van der Waals surface area contributed by atoms with Gasteiger partial charge in [0.15, 0.2) is 11.5 Å². The molecule has 0 spiro atoms. The number of carboxylic acids is 1. The number of ether oxygens (including phenoxy) is 1. The number of aromatic carboxylic acids is 1. The SMILES string of the molecule is O=C(O)c1ccc(OCc2ccccc2)c(O)c1. The summed E-state index contributed by atoms with van der Waals surface area (Å²) in [5.74, 6) is -0.991. The summed E-state index contributed by atoms with van der Waals surface area (Å²) in [5.41, 5.74) is 0.999. The van der Waals surface area contributed by atoms with Crippen molar-refractivity contribution in [3.8, 4) is 11.5 Å². The molecule has 0 atom stereocenters. The molecule has 18 heavy (non-hydrogen) atoms. The Balaban J connectivity index is 2.08. The van der Waals surface area contributed by atoms with Crippen molar-refractivity contribution in [3.63, 3.8) is 0 Å². The lowest BCUT2D eigenvalue weighted by Crippen LogP contribution is -1.98. The molecule has 0 saturated heterocycles. The standard InChI is InChI=1S/C14H12O4/c15-12-8-11(14(16)17)6-7-13(12)18-9-10-4-2-1-3-5-10/h1-8,15H,9H2,(H,16,17). The molecule has 0 aliphatic carbocycles. The highest BCUT2D eigenvalue weighted by Crippen LogP contribution is 2.27. The minimum Gasteiger partial charge on any atom is -0.504 e. The summed E-state index contributed by atoms with van der Waals surface area (Å²) < 4.78 is 5.41. The lowest BCUT2D eigenvalue weighted by atomic mass is 10.2. The monoisotopic (exact) mass is 244 g/mol. The highest BCUT2D eigenvalue weighted by Gasteiger charge is 2.08. The zero-order valence-electron chi connectivity index (χ0n) is 9.54. The number of aromatic hydroxyl groups is 1. The van der Waals surface area contributed by atoms with Crippen molar-refractivity contribution < 1.29 is 19.7 Å². The molecule has 0 aromatic heterocycles. The van der Waals surface area contributed by atoms with Crippen LogP contribution in [0.5, 0.6) is 11.5 Å². The van der Waals surface area contributed by atoms with Gasteiger partial charge in [-0.1, -0.05) is 30.3 Å². The van der Waals surface area contributed by atoms with E-state index in [4.69, 9.17) is 9.84 Å². The van der Waals surface area contributed by atoms with Crippen molar-refractivity contribution in [1.29, 1.82) is 0 Å². The molecule has 0 radical (unpaired) electrons. The number of benzene rings is 2. The molecular weight excluding hydrogens is 232 g/mol. The quantitative estimate of drug-likeness (QED) is 0.867. The van der Waals surface area contributed by atoms with Crippen LogP contribution in [-0.2, 0) is 6.61 Å². The summed E-state index contributed by atoms with van der Waals surface area (Å²) in [5, 5.41) is 18.4. The number of rotatable bonds is 4. The van der Waals surface area contributed by atoms with Gasteiger partial charge >= 0.3 is 5.97 Å². The van der Waals surface area contributed by atoms with Crippen LogP contribution >= 0.6 is 0 Å². The van der Waals surface area contributed by atoms with E-state index in [1.165, 1.54) is 18.2 Å². The Morgan fingerprint density at radius 3 is 2.44 bits per heavy atom. The third-order valence-electron chi connectivity index (χ3n) is 2.44. The maximum Gasteiger partial charge on any atom is 0.335 e. The van der Waals surface area contributed by atoms with E-state index in [9.17, 15) is 9.90 Å². The largest absolute Gasteiger partial charge is 0.504 e. The Labute approximate surface area is 104 Å². The van der Waals surface area contributed by atoms with Crippen molar-refractivity contribution in [1.82, 2.24) is 0 Å². The van der Waals surface area contributed by atoms with Gasteiger partial charge in [0.25, 0.3) is 0 Å². The van der Waals surface area contributed by atoms with Crippen LogP contribution < -0.4 is 4.74 Å². The molecule has 0 amide bonds. The van der Waals surface area contributed by atoms with Gasteiger partial charge in [-0.2, -0.15) is 0 Å². The maximum atomic E-state index is 10.7. The van der Waals surface area contributed by atoms with Crippen molar-refractivity contribution in [2.75, 3.05) is 0 Å². The predicted octanol–water partition coefficient (Wildman–Crippen LogP) is 2.67. The molecule has 4 heteroatoms. The number of hydrogen-bond donors (Lipinski definition) is 2. The van der Waals surface area contributed by atoms with E-state index in [-0.39, 0.29) is 17.1 Å². The van der Waals surface area contributed by atoms with Crippen molar-refractivity contribution >= 4 is 5.97 Å². The van der Waals surface area contributed by atoms with Crippen LogP contribution in [0, 0.1) is 0 Å². The molecule has 0 heterocycles. The smallest absolute Gasteiger partial charge is 0.335 e. The van der Waals surface area contributed by atoms with E-state index in [2.05, 4.69) is 0 Å². The normalized spacial score (nSPS) is 10.0. The first-order valence-electron chi connectivity index (χ1n) is 5.40. The molecular formula is C14H12O4. The van der Waals surface area contributed by atoms with Crippen LogP contribution in [0.25, 0.3) is 0 Å². The number of hydrogen-bond acceptors (Lipinski definition) is 3. The first kappa shape index (κ1) is 12.0. The average molecular weight is 244 g/mol. The molecule has 0 saturated carbocycles. The van der Waals surface area contributed by atoms with E-state index >= 15 is 0 Å². The predicted molar refractivity (Wildman–Crippen MR) is 65.8 cm³/mol. The van der Waals surface area contributed by atoms with Crippen LogP contribution in [-0.4, -0.2) is 16.2 Å². The fourth-order valence-corrected chi connectivity index (χ4v) is 1.51. The number of carboxylic acid groups (broad SMARTS) is 1. The van der Waals surface area contributed by atoms with Crippen LogP contribution in [0.15, 0.2) is 48.5 Å². The highest BCUT2D eigenvalue weighted by molar-refractivity contribution is 5.88. The van der Waals surface area contributed by atoms with E-state index < -0.39 is 5.97 Å². The van der Waals surface area contributed by atoms with Gasteiger partial charge in [-0.15, -0.1) is 0 Å². The van der Waals surface area contributed by atoms with Crippen LogP contribution in [0.2, 0.25) is 0 Å². The third kappa shape index (κ3) is 2.79. The molecule has 2 aromatic rings. The summed E-state index contributed by atoms with van der Waals surface area (Å²) in [6.45, 7) is 0.320. The van der Waals surface area contributed by atoms with Gasteiger partial charge in [-0.05, 0) is 23.8 Å². The maximum absolute atomic E-state index is 10.7. The summed E-state index contributed by atoms with van der Waals surface area (Å²) in [7, 11) is 0. The van der Waals surface area contributed by atoms with Crippen molar-refractivity contribution in [2.45, 2.75) is 6.61 Å². The van der Waals surface area contributed by atoms with Gasteiger partial charge in [0.2, 0.25) is 0 Å². The topological polar surface area (TPSA) is 66.8 Å². The van der Waals surface area contributed by atoms with Gasteiger partial charge in [-0.25, -0.2) is 4.79 Å². The van der Waals surface area contributed by atoms with Crippen LogP contribution in [0.4, 0.5) is 0 Å². The fraction of sp³-hybridized carbons (Fsp3) is 0.0714. The van der Waals surface area contributed by atoms with Crippen LogP contribution in [0.3, 0.4) is 0 Å². The molecule has 92 valence electrons. The zero-order valence-corrected chi connectivity index (χ0v) is 9.54. The van der Waals surface area contributed by atoms with E-state index in [1.807, 2.05) is 30.3 Å². The van der Waals surface area contributed by atoms with Gasteiger partial charge in [-0.3, -0.25) is 0 Å². The van der Waals surface area contributed by atoms with Crippen molar-refractivity contribution in [2.24, 2.45) is 0 Å². The van der Waals surface area contributed by atoms with Crippen LogP contribution in [0.1, 0.15) is 15.9 Å². The summed E-state index contributed by atoms with van der Waals surface area (Å²) in [6.07, 6.45) is 0. The average Bonchev–Trinajstić information content (AvgIpc) is 2.38. The van der Waals surface area contributed by atoms with Gasteiger partial charge in [0.05, 0.1) is 5.56 Å². The molecule has 0 aliphatic heterocycles. The lowest BCUT2D eigenvalue weighted by molar-refractivity contribution is 0.0696. The second-order valence-electron chi connectivity index (χ2n) is 3.76. The molecule has 0 bridgehead atoms. The second-order valence-corrected chi connectivity index (χ2v) is 3.76. The third-order valence-corrected chi connectivity index (χ3v) is 2.44. The van der Waals surface area contributed by atoms with Crippen molar-refractivity contribution in [3.05, 3.63) is 59.7 Å². The summed E-state index contributed by atoms with van der Waals surface area (Å²) >= 11 is 0. The number of phenolic OH excluding ortho intramolecular Hbond substituents is 1. The molecule has 0 fully saturated rings. The Hall–Kier alpha value is -2.49. The Bertz CT molecular complexity index is 549. The first-order valence-corrected chi connectivity index (χ1v) is 5.40. The molecule has 2 rings (SSSR count). The number of carbonyl (C=O) groups is 1. The molecule has 2 aromatic carbocycles. The van der Waals surface area contributed by atoms with Gasteiger partial charge in [0, 0.05) is 0 Å². The molecule has 2 N–H and O–H groups in total. The minimum absolute atomic E-state index is 0.0274. The summed E-state index contributed by atoms with van der Waals surface area (Å²) in [6, 6.07) is 13.5. The minimum atomic E-state index is -1.08. The Morgan fingerprint density at radius 1 is 1.11 bits per heavy atom. The summed E-state index contributed by atoms with van der Waals surface area (Å²) in [4.78, 5) is 10.7.